The predicted octanol–water partition coefficient (Wildman–Crippen LogP) is 1.76. The van der Waals surface area contributed by atoms with Gasteiger partial charge in [-0.25, -0.2) is 17.9 Å². The minimum Gasteiger partial charge on any atom is -0.331 e. The van der Waals surface area contributed by atoms with Crippen LogP contribution in [0, 0.1) is 5.82 Å². The number of nitrogens with two attached hydrogens (primary N) is 1. The summed E-state index contributed by atoms with van der Waals surface area (Å²) in [5, 5.41) is 7.70. The van der Waals surface area contributed by atoms with Crippen LogP contribution in [0.15, 0.2) is 47.4 Å². The number of thiocarbonyl (C=S) groups is 1. The summed E-state index contributed by atoms with van der Waals surface area (Å²) in [6.45, 7) is 0. The fourth-order valence-corrected chi connectivity index (χ4v) is 2.98. The molecule has 7 nitrogen and oxygen atoms in total. The Morgan fingerprint density at radius 3 is 2.36 bits per heavy atom. The van der Waals surface area contributed by atoms with Gasteiger partial charge in [0.05, 0.1) is 5.02 Å². The summed E-state index contributed by atoms with van der Waals surface area (Å²) in [5.41, 5.74) is 5.23. The van der Waals surface area contributed by atoms with Gasteiger partial charge in [0.1, 0.15) is 10.7 Å². The van der Waals surface area contributed by atoms with Crippen LogP contribution in [0.1, 0.15) is 10.4 Å². The molecule has 0 saturated heterocycles. The quantitative estimate of drug-likeness (QED) is 0.459. The van der Waals surface area contributed by atoms with Crippen molar-refractivity contribution < 1.29 is 17.6 Å². The van der Waals surface area contributed by atoms with E-state index >= 15 is 0 Å². The van der Waals surface area contributed by atoms with Gasteiger partial charge in [-0.2, -0.15) is 0 Å². The smallest absolute Gasteiger partial charge is 0.269 e. The number of rotatable bonds is 3. The summed E-state index contributed by atoms with van der Waals surface area (Å²) >= 11 is 10.7. The van der Waals surface area contributed by atoms with Gasteiger partial charge in [0.25, 0.3) is 5.91 Å². The molecule has 2 rings (SSSR count). The number of hydrazine groups is 1. The Kier molecular flexibility index (Phi) is 5.90. The second-order valence-corrected chi connectivity index (χ2v) is 7.08. The predicted molar refractivity (Wildman–Crippen MR) is 96.0 cm³/mol. The largest absolute Gasteiger partial charge is 0.331 e. The number of hydrogen-bond acceptors (Lipinski definition) is 4. The number of benzene rings is 2. The van der Waals surface area contributed by atoms with Crippen LogP contribution < -0.4 is 21.3 Å². The number of halogens is 2. The summed E-state index contributed by atoms with van der Waals surface area (Å²) < 4.78 is 35.6. The molecule has 0 saturated carbocycles. The molecule has 0 aliphatic heterocycles. The molecule has 0 fully saturated rings. The maximum absolute atomic E-state index is 12.8. The summed E-state index contributed by atoms with van der Waals surface area (Å²) in [4.78, 5) is 11.7. The van der Waals surface area contributed by atoms with E-state index in [1.54, 1.807) is 0 Å². The van der Waals surface area contributed by atoms with E-state index < -0.39 is 21.7 Å². The Balaban J connectivity index is 2.00. The molecule has 132 valence electrons. The van der Waals surface area contributed by atoms with Crippen LogP contribution >= 0.6 is 23.8 Å². The molecule has 0 heterocycles. The fraction of sp³-hybridized carbons (Fsp3) is 0. The number of carbonyl (C=O) groups is 1. The minimum absolute atomic E-state index is 0.00510. The first-order chi connectivity index (χ1) is 11.7. The molecule has 0 atom stereocenters. The maximum atomic E-state index is 12.8. The van der Waals surface area contributed by atoms with Crippen molar-refractivity contribution in [3.05, 3.63) is 58.9 Å². The molecule has 11 heteroatoms. The minimum atomic E-state index is -4.07. The molecular formula is C14H12ClFN4O3S2. The van der Waals surface area contributed by atoms with Crippen molar-refractivity contribution in [3.63, 3.8) is 0 Å². The third-order valence-electron chi connectivity index (χ3n) is 2.89. The van der Waals surface area contributed by atoms with Gasteiger partial charge < -0.3 is 5.32 Å². The second kappa shape index (κ2) is 7.74. The van der Waals surface area contributed by atoms with E-state index in [0.29, 0.717) is 5.69 Å². The fourth-order valence-electron chi connectivity index (χ4n) is 1.74. The zero-order valence-corrected chi connectivity index (χ0v) is 14.8. The Morgan fingerprint density at radius 2 is 1.76 bits per heavy atom. The van der Waals surface area contributed by atoms with Crippen molar-refractivity contribution >= 4 is 50.5 Å². The summed E-state index contributed by atoms with van der Waals surface area (Å²) in [6, 6.07) is 9.02. The van der Waals surface area contributed by atoms with Crippen molar-refractivity contribution in [2.24, 2.45) is 5.14 Å². The Morgan fingerprint density at radius 1 is 1.12 bits per heavy atom. The summed E-state index contributed by atoms with van der Waals surface area (Å²) in [6.07, 6.45) is 0. The molecule has 0 aliphatic carbocycles. The van der Waals surface area contributed by atoms with Crippen molar-refractivity contribution in [2.45, 2.75) is 4.90 Å². The highest BCUT2D eigenvalue weighted by atomic mass is 35.5. The van der Waals surface area contributed by atoms with Crippen LogP contribution in [0.25, 0.3) is 0 Å². The van der Waals surface area contributed by atoms with Crippen LogP contribution in [0.2, 0.25) is 5.02 Å². The highest BCUT2D eigenvalue weighted by molar-refractivity contribution is 7.89. The molecule has 0 spiro atoms. The highest BCUT2D eigenvalue weighted by Gasteiger charge is 2.16. The van der Waals surface area contributed by atoms with Crippen molar-refractivity contribution in [3.8, 4) is 0 Å². The van der Waals surface area contributed by atoms with E-state index in [1.807, 2.05) is 0 Å². The Hall–Kier alpha value is -2.27. The van der Waals surface area contributed by atoms with E-state index in [4.69, 9.17) is 29.0 Å². The zero-order valence-electron chi connectivity index (χ0n) is 12.4. The van der Waals surface area contributed by atoms with Crippen molar-refractivity contribution in [2.75, 3.05) is 5.32 Å². The molecule has 0 bridgehead atoms. The molecule has 25 heavy (non-hydrogen) atoms. The van der Waals surface area contributed by atoms with E-state index in [1.165, 1.54) is 36.4 Å². The van der Waals surface area contributed by atoms with E-state index in [0.717, 1.165) is 6.07 Å². The third kappa shape index (κ3) is 5.36. The van der Waals surface area contributed by atoms with Gasteiger partial charge >= 0.3 is 0 Å². The number of nitrogens with one attached hydrogen (secondary N) is 3. The normalized spacial score (nSPS) is 10.8. The lowest BCUT2D eigenvalue weighted by atomic mass is 10.2. The van der Waals surface area contributed by atoms with Crippen LogP contribution in [0.3, 0.4) is 0 Å². The second-order valence-electron chi connectivity index (χ2n) is 4.73. The average Bonchev–Trinajstić information content (AvgIpc) is 2.54. The van der Waals surface area contributed by atoms with Crippen LogP contribution in [0.4, 0.5) is 10.1 Å². The van der Waals surface area contributed by atoms with Gasteiger partial charge in [0.2, 0.25) is 10.0 Å². The molecule has 0 aliphatic rings. The third-order valence-corrected chi connectivity index (χ3v) is 4.49. The lowest BCUT2D eigenvalue weighted by Crippen LogP contribution is -2.43. The molecule has 0 aromatic heterocycles. The molecule has 2 aromatic rings. The maximum Gasteiger partial charge on any atom is 0.269 e. The number of anilines is 1. The molecular weight excluding hydrogens is 391 g/mol. The van der Waals surface area contributed by atoms with Crippen LogP contribution in [0.5, 0.6) is 0 Å². The number of primary sulfonamides is 1. The molecule has 0 unspecified atom stereocenters. The molecule has 1 amide bonds. The topological polar surface area (TPSA) is 113 Å². The summed E-state index contributed by atoms with van der Waals surface area (Å²) in [5.74, 6) is -1.06. The van der Waals surface area contributed by atoms with Gasteiger partial charge in [0.15, 0.2) is 5.11 Å². The van der Waals surface area contributed by atoms with E-state index in [9.17, 15) is 17.6 Å². The summed E-state index contributed by atoms with van der Waals surface area (Å²) in [7, 11) is -4.07. The standard InChI is InChI=1S/C14H12ClFN4O3S2/c15-11-6-1-8(7-12(11)25(17,22)23)13(21)19-20-14(24)18-10-4-2-9(16)3-5-10/h1-7H,(H,19,21)(H2,17,22,23)(H2,18,20,24). The Bertz CT molecular complexity index is 920. The van der Waals surface area contributed by atoms with Gasteiger partial charge in [-0.15, -0.1) is 0 Å². The first-order valence-electron chi connectivity index (χ1n) is 6.62. The van der Waals surface area contributed by atoms with E-state index in [2.05, 4.69) is 16.2 Å². The molecule has 5 N–H and O–H groups in total. The number of hydrogen-bond donors (Lipinski definition) is 4. The van der Waals surface area contributed by atoms with E-state index in [-0.39, 0.29) is 20.6 Å². The zero-order chi connectivity index (χ0) is 18.6. The number of sulfonamides is 1. The van der Waals surface area contributed by atoms with Gasteiger partial charge in [-0.05, 0) is 54.7 Å². The first-order valence-corrected chi connectivity index (χ1v) is 8.95. The average molecular weight is 403 g/mol. The number of carbonyl (C=O) groups excluding carboxylic acids is 1. The van der Waals surface area contributed by atoms with Crippen molar-refractivity contribution in [1.82, 2.24) is 10.9 Å². The Labute approximate surface area is 153 Å². The molecule has 0 radical (unpaired) electrons. The lowest BCUT2D eigenvalue weighted by molar-refractivity contribution is 0.0944. The lowest BCUT2D eigenvalue weighted by Gasteiger charge is -2.12. The van der Waals surface area contributed by atoms with Gasteiger partial charge in [-0.3, -0.25) is 15.6 Å². The van der Waals surface area contributed by atoms with Crippen LogP contribution in [-0.4, -0.2) is 19.4 Å². The van der Waals surface area contributed by atoms with Gasteiger partial charge in [0, 0.05) is 11.3 Å². The number of amides is 1. The SMILES string of the molecule is NS(=O)(=O)c1cc(C(=O)NNC(=S)Nc2ccc(F)cc2)ccc1Cl. The van der Waals surface area contributed by atoms with Crippen molar-refractivity contribution in [1.29, 1.82) is 0 Å². The van der Waals surface area contributed by atoms with Crippen LogP contribution in [-0.2, 0) is 10.0 Å². The molecule has 2 aromatic carbocycles. The van der Waals surface area contributed by atoms with Gasteiger partial charge in [-0.1, -0.05) is 11.6 Å². The monoisotopic (exact) mass is 402 g/mol. The highest BCUT2D eigenvalue weighted by Crippen LogP contribution is 2.21. The first kappa shape index (κ1) is 19.1.